The maximum atomic E-state index is 11.5. The summed E-state index contributed by atoms with van der Waals surface area (Å²) in [6, 6.07) is 7.22. The fraction of sp³-hybridized carbons (Fsp3) is 0.231. The molecule has 0 fully saturated rings. The van der Waals surface area contributed by atoms with Crippen molar-refractivity contribution in [2.45, 2.75) is 12.8 Å². The Morgan fingerprint density at radius 2 is 2.11 bits per heavy atom. The lowest BCUT2D eigenvalue weighted by Gasteiger charge is -2.02. The van der Waals surface area contributed by atoms with Crippen LogP contribution in [-0.4, -0.2) is 17.6 Å². The molecule has 1 aromatic heterocycles. The summed E-state index contributed by atoms with van der Waals surface area (Å²) in [5.41, 5.74) is 2.39. The monoisotopic (exact) mass is 281 g/mol. The first kappa shape index (κ1) is 13.1. The molecule has 1 aromatic carbocycles. The van der Waals surface area contributed by atoms with Crippen LogP contribution in [0.5, 0.6) is 0 Å². The number of ether oxygens (including phenoxy) is 1. The van der Waals surface area contributed by atoms with E-state index in [4.69, 9.17) is 16.3 Å². The Bertz CT molecular complexity index is 536. The molecule has 0 N–H and O–H groups in total. The van der Waals surface area contributed by atoms with E-state index in [-0.39, 0.29) is 5.97 Å². The number of benzene rings is 1. The lowest BCUT2D eigenvalue weighted by atomic mass is 10.1. The number of hydrogen-bond donors (Lipinski definition) is 0. The van der Waals surface area contributed by atoms with Crippen molar-refractivity contribution in [3.63, 3.8) is 0 Å². The molecular formula is C13H12ClNO2S. The first-order chi connectivity index (χ1) is 8.74. The molecule has 1 heterocycles. The summed E-state index contributed by atoms with van der Waals surface area (Å²) in [7, 11) is 0. The van der Waals surface area contributed by atoms with Crippen LogP contribution in [-0.2, 0) is 10.6 Å². The second kappa shape index (κ2) is 5.98. The fourth-order valence-corrected chi connectivity index (χ4v) is 2.52. The molecule has 0 bridgehead atoms. The van der Waals surface area contributed by atoms with E-state index in [9.17, 15) is 4.79 Å². The van der Waals surface area contributed by atoms with Crippen LogP contribution >= 0.6 is 22.9 Å². The highest BCUT2D eigenvalue weighted by Gasteiger charge is 2.08. The van der Waals surface area contributed by atoms with E-state index in [1.54, 1.807) is 30.4 Å². The van der Waals surface area contributed by atoms with Crippen LogP contribution in [0.15, 0.2) is 29.6 Å². The van der Waals surface area contributed by atoms with Gasteiger partial charge >= 0.3 is 5.97 Å². The van der Waals surface area contributed by atoms with Crippen molar-refractivity contribution in [2.75, 3.05) is 6.61 Å². The van der Waals surface area contributed by atoms with Crippen LogP contribution < -0.4 is 0 Å². The number of rotatable bonds is 4. The molecule has 0 saturated carbocycles. The predicted octanol–water partition coefficient (Wildman–Crippen LogP) is 3.73. The van der Waals surface area contributed by atoms with E-state index >= 15 is 0 Å². The van der Waals surface area contributed by atoms with Gasteiger partial charge in [-0.25, -0.2) is 9.78 Å². The Hall–Kier alpha value is -1.39. The number of carbonyl (C=O) groups is 1. The van der Waals surface area contributed by atoms with Crippen LogP contribution in [0.1, 0.15) is 23.0 Å². The molecule has 3 nitrogen and oxygen atoms in total. The Morgan fingerprint density at radius 3 is 2.67 bits per heavy atom. The third-order valence-corrected chi connectivity index (χ3v) is 3.55. The highest BCUT2D eigenvalue weighted by molar-refractivity contribution is 7.13. The zero-order valence-electron chi connectivity index (χ0n) is 9.85. The van der Waals surface area contributed by atoms with Crippen molar-refractivity contribution in [1.82, 2.24) is 4.98 Å². The molecule has 0 radical (unpaired) electrons. The summed E-state index contributed by atoms with van der Waals surface area (Å²) < 4.78 is 4.93. The molecule has 0 aliphatic rings. The number of halogens is 1. The molecule has 5 heteroatoms. The van der Waals surface area contributed by atoms with Crippen molar-refractivity contribution >= 4 is 28.9 Å². The van der Waals surface area contributed by atoms with Gasteiger partial charge in [0.2, 0.25) is 0 Å². The Morgan fingerprint density at radius 1 is 1.39 bits per heavy atom. The summed E-state index contributed by atoms with van der Waals surface area (Å²) in [6.45, 7) is 2.17. The molecule has 0 amide bonds. The topological polar surface area (TPSA) is 39.2 Å². The average molecular weight is 282 g/mol. The van der Waals surface area contributed by atoms with Gasteiger partial charge in [0.15, 0.2) is 0 Å². The third kappa shape index (κ3) is 2.89. The molecule has 0 aliphatic carbocycles. The van der Waals surface area contributed by atoms with Gasteiger partial charge < -0.3 is 4.74 Å². The minimum absolute atomic E-state index is 0.301. The zero-order valence-corrected chi connectivity index (χ0v) is 11.4. The molecule has 0 saturated heterocycles. The third-order valence-electron chi connectivity index (χ3n) is 2.33. The predicted molar refractivity (Wildman–Crippen MR) is 73.1 cm³/mol. The first-order valence-corrected chi connectivity index (χ1v) is 6.94. The Kier molecular flexibility index (Phi) is 4.33. The van der Waals surface area contributed by atoms with Crippen LogP contribution in [0.3, 0.4) is 0 Å². The maximum absolute atomic E-state index is 11.5. The van der Waals surface area contributed by atoms with E-state index in [0.29, 0.717) is 18.1 Å². The highest BCUT2D eigenvalue weighted by atomic mass is 35.5. The van der Waals surface area contributed by atoms with Crippen LogP contribution in [0.4, 0.5) is 0 Å². The number of aromatic nitrogens is 1. The van der Waals surface area contributed by atoms with Gasteiger partial charge in [0, 0.05) is 10.9 Å². The number of nitrogens with zero attached hydrogens (tertiary/aromatic N) is 1. The minimum atomic E-state index is -0.301. The number of carbonyl (C=O) groups excluding carboxylic acids is 1. The van der Waals surface area contributed by atoms with Crippen molar-refractivity contribution in [3.8, 4) is 10.6 Å². The van der Waals surface area contributed by atoms with Crippen molar-refractivity contribution in [2.24, 2.45) is 0 Å². The van der Waals surface area contributed by atoms with Crippen LogP contribution in [0.2, 0.25) is 0 Å². The van der Waals surface area contributed by atoms with Crippen molar-refractivity contribution in [1.29, 1.82) is 0 Å². The Labute approximate surface area is 114 Å². The maximum Gasteiger partial charge on any atom is 0.338 e. The normalized spacial score (nSPS) is 10.3. The van der Waals surface area contributed by atoms with Gasteiger partial charge in [0.05, 0.1) is 23.7 Å². The molecule has 2 rings (SSSR count). The summed E-state index contributed by atoms with van der Waals surface area (Å²) >= 11 is 7.25. The van der Waals surface area contributed by atoms with Gasteiger partial charge in [0.1, 0.15) is 5.01 Å². The molecule has 2 aromatic rings. The van der Waals surface area contributed by atoms with Gasteiger partial charge in [-0.3, -0.25) is 0 Å². The van der Waals surface area contributed by atoms with E-state index in [1.165, 1.54) is 0 Å². The number of alkyl halides is 1. The zero-order chi connectivity index (χ0) is 13.0. The van der Waals surface area contributed by atoms with Gasteiger partial charge in [-0.2, -0.15) is 0 Å². The van der Waals surface area contributed by atoms with Gasteiger partial charge in [0.25, 0.3) is 0 Å². The largest absolute Gasteiger partial charge is 0.462 e. The van der Waals surface area contributed by atoms with E-state index < -0.39 is 0 Å². The summed E-state index contributed by atoms with van der Waals surface area (Å²) in [4.78, 5) is 15.9. The van der Waals surface area contributed by atoms with Crippen molar-refractivity contribution < 1.29 is 9.53 Å². The Balaban J connectivity index is 2.19. The molecule has 0 unspecified atom stereocenters. The second-order valence-electron chi connectivity index (χ2n) is 3.58. The van der Waals surface area contributed by atoms with E-state index in [2.05, 4.69) is 4.98 Å². The quantitative estimate of drug-likeness (QED) is 0.633. The number of esters is 1. The summed E-state index contributed by atoms with van der Waals surface area (Å²) in [5, 5.41) is 2.84. The fourth-order valence-electron chi connectivity index (χ4n) is 1.46. The molecule has 0 atom stereocenters. The van der Waals surface area contributed by atoms with Gasteiger partial charge in [-0.05, 0) is 19.1 Å². The second-order valence-corrected chi connectivity index (χ2v) is 4.70. The van der Waals surface area contributed by atoms with Crippen molar-refractivity contribution in [3.05, 3.63) is 40.9 Å². The minimum Gasteiger partial charge on any atom is -0.462 e. The summed E-state index contributed by atoms with van der Waals surface area (Å²) in [5.74, 6) is 0.113. The first-order valence-electron chi connectivity index (χ1n) is 5.52. The smallest absolute Gasteiger partial charge is 0.338 e. The summed E-state index contributed by atoms with van der Waals surface area (Å²) in [6.07, 6.45) is 0. The van der Waals surface area contributed by atoms with E-state index in [1.807, 2.05) is 17.5 Å². The number of hydrogen-bond acceptors (Lipinski definition) is 4. The lowest BCUT2D eigenvalue weighted by molar-refractivity contribution is 0.0526. The average Bonchev–Trinajstić information content (AvgIpc) is 2.88. The van der Waals surface area contributed by atoms with Gasteiger partial charge in [-0.15, -0.1) is 22.9 Å². The van der Waals surface area contributed by atoms with E-state index in [0.717, 1.165) is 16.3 Å². The molecule has 0 spiro atoms. The van der Waals surface area contributed by atoms with Crippen LogP contribution in [0.25, 0.3) is 10.6 Å². The molecule has 18 heavy (non-hydrogen) atoms. The standard InChI is InChI=1S/C13H12ClNO2S/c1-2-17-13(16)10-5-3-9(4-6-10)12-15-11(7-14)8-18-12/h3-6,8H,2,7H2,1H3. The van der Waals surface area contributed by atoms with Crippen LogP contribution in [0, 0.1) is 0 Å². The lowest BCUT2D eigenvalue weighted by Crippen LogP contribution is -2.03. The molecular weight excluding hydrogens is 270 g/mol. The van der Waals surface area contributed by atoms with Gasteiger partial charge in [-0.1, -0.05) is 12.1 Å². The number of thiazole rings is 1. The SMILES string of the molecule is CCOC(=O)c1ccc(-c2nc(CCl)cs2)cc1. The molecule has 0 aliphatic heterocycles. The molecule has 94 valence electrons. The highest BCUT2D eigenvalue weighted by Crippen LogP contribution is 2.24.